The van der Waals surface area contributed by atoms with E-state index in [1.54, 1.807) is 0 Å². The maximum Gasteiger partial charge on any atom is 0.123 e. The van der Waals surface area contributed by atoms with E-state index in [0.717, 1.165) is 35.0 Å². The Hall–Kier alpha value is -0.610. The van der Waals surface area contributed by atoms with Gasteiger partial charge in [0.2, 0.25) is 0 Å². The highest BCUT2D eigenvalue weighted by Crippen LogP contribution is 2.49. The topological polar surface area (TPSA) is 35.2 Å². The fourth-order valence-corrected chi connectivity index (χ4v) is 2.53. The van der Waals surface area contributed by atoms with Gasteiger partial charge in [-0.05, 0) is 37.5 Å². The van der Waals surface area contributed by atoms with E-state index >= 15 is 0 Å². The van der Waals surface area contributed by atoms with E-state index in [4.69, 9.17) is 22.7 Å². The lowest BCUT2D eigenvalue weighted by atomic mass is 10.0. The highest BCUT2D eigenvalue weighted by molar-refractivity contribution is 9.10. The van der Waals surface area contributed by atoms with Crippen LogP contribution in [0.2, 0.25) is 0 Å². The molecule has 17 heavy (non-hydrogen) atoms. The zero-order valence-electron chi connectivity index (χ0n) is 9.83. The molecule has 1 saturated carbocycles. The number of hydrogen-bond acceptors (Lipinski definition) is 2. The first-order valence-electron chi connectivity index (χ1n) is 5.68. The summed E-state index contributed by atoms with van der Waals surface area (Å²) in [4.78, 5) is 0.595. The summed E-state index contributed by atoms with van der Waals surface area (Å²) in [6.07, 6.45) is 3.13. The van der Waals surface area contributed by atoms with Crippen molar-refractivity contribution in [1.82, 2.24) is 0 Å². The van der Waals surface area contributed by atoms with Gasteiger partial charge in [0.15, 0.2) is 0 Å². The molecule has 0 aliphatic heterocycles. The van der Waals surface area contributed by atoms with E-state index in [0.29, 0.717) is 11.6 Å². The van der Waals surface area contributed by atoms with Crippen LogP contribution in [0.1, 0.15) is 24.8 Å². The molecule has 0 aromatic heterocycles. The molecule has 0 unspecified atom stereocenters. The fourth-order valence-electron chi connectivity index (χ4n) is 1.88. The lowest BCUT2D eigenvalue weighted by Crippen LogP contribution is -2.21. The van der Waals surface area contributed by atoms with Crippen LogP contribution in [0.15, 0.2) is 22.7 Å². The van der Waals surface area contributed by atoms with Crippen molar-refractivity contribution in [2.75, 3.05) is 6.61 Å². The maximum atomic E-state index is 5.90. The fraction of sp³-hybridized carbons (Fsp3) is 0.462. The molecule has 0 amide bonds. The Bertz CT molecular complexity index is 443. The molecular weight excluding hydrogens is 298 g/mol. The number of rotatable bonds is 5. The molecule has 0 saturated heterocycles. The summed E-state index contributed by atoms with van der Waals surface area (Å²) in [7, 11) is 0. The van der Waals surface area contributed by atoms with Crippen molar-refractivity contribution in [3.8, 4) is 5.75 Å². The molecule has 92 valence electrons. The second-order valence-corrected chi connectivity index (χ2v) is 6.28. The molecule has 0 radical (unpaired) electrons. The van der Waals surface area contributed by atoms with E-state index in [1.165, 1.54) is 0 Å². The molecule has 1 fully saturated rings. The third kappa shape index (κ3) is 3.42. The SMILES string of the molecule is Cc1ccc(Br)cc1OCC1(CC(N)=S)CC1. The first-order chi connectivity index (χ1) is 8.01. The zero-order chi connectivity index (χ0) is 12.5. The highest BCUT2D eigenvalue weighted by Gasteiger charge is 2.43. The summed E-state index contributed by atoms with van der Waals surface area (Å²) < 4.78 is 6.94. The lowest BCUT2D eigenvalue weighted by Gasteiger charge is -2.16. The van der Waals surface area contributed by atoms with Crippen LogP contribution in [-0.2, 0) is 0 Å². The minimum Gasteiger partial charge on any atom is -0.493 e. The van der Waals surface area contributed by atoms with Crippen molar-refractivity contribution in [2.24, 2.45) is 11.1 Å². The number of nitrogens with two attached hydrogens (primary N) is 1. The predicted octanol–water partition coefficient (Wildman–Crippen LogP) is 3.59. The van der Waals surface area contributed by atoms with Crippen molar-refractivity contribution in [1.29, 1.82) is 0 Å². The van der Waals surface area contributed by atoms with Gasteiger partial charge in [0.25, 0.3) is 0 Å². The number of benzene rings is 1. The number of hydrogen-bond donors (Lipinski definition) is 1. The minimum atomic E-state index is 0.209. The summed E-state index contributed by atoms with van der Waals surface area (Å²) in [6.45, 7) is 2.76. The number of aryl methyl sites for hydroxylation is 1. The number of thiocarbonyl (C=S) groups is 1. The third-order valence-corrected chi connectivity index (χ3v) is 3.83. The van der Waals surface area contributed by atoms with Gasteiger partial charge in [-0.2, -0.15) is 0 Å². The van der Waals surface area contributed by atoms with Crippen molar-refractivity contribution >= 4 is 33.1 Å². The van der Waals surface area contributed by atoms with Gasteiger partial charge in [-0.15, -0.1) is 0 Å². The normalized spacial score (nSPS) is 16.6. The molecule has 2 rings (SSSR count). The van der Waals surface area contributed by atoms with Gasteiger partial charge in [-0.25, -0.2) is 0 Å². The molecular formula is C13H16BrNOS. The van der Waals surface area contributed by atoms with E-state index in [2.05, 4.69) is 22.9 Å². The molecule has 1 aromatic carbocycles. The first kappa shape index (κ1) is 12.8. The Morgan fingerprint density at radius 2 is 2.24 bits per heavy atom. The average molecular weight is 314 g/mol. The molecule has 1 aliphatic carbocycles. The van der Waals surface area contributed by atoms with Crippen LogP contribution in [0.5, 0.6) is 5.75 Å². The molecule has 2 nitrogen and oxygen atoms in total. The maximum absolute atomic E-state index is 5.90. The van der Waals surface area contributed by atoms with Crippen molar-refractivity contribution < 1.29 is 4.74 Å². The zero-order valence-corrected chi connectivity index (χ0v) is 12.2. The van der Waals surface area contributed by atoms with Crippen LogP contribution in [0, 0.1) is 12.3 Å². The van der Waals surface area contributed by atoms with E-state index in [9.17, 15) is 0 Å². The van der Waals surface area contributed by atoms with Crippen LogP contribution in [0.3, 0.4) is 0 Å². The third-order valence-electron chi connectivity index (χ3n) is 3.19. The summed E-state index contributed by atoms with van der Waals surface area (Å²) in [5, 5.41) is 0. The second kappa shape index (κ2) is 4.94. The summed E-state index contributed by atoms with van der Waals surface area (Å²) in [5.74, 6) is 0.939. The molecule has 4 heteroatoms. The molecule has 2 N–H and O–H groups in total. The Kier molecular flexibility index (Phi) is 3.73. The Balaban J connectivity index is 1.98. The summed E-state index contributed by atoms with van der Waals surface area (Å²) in [5.41, 5.74) is 6.97. The molecule has 0 bridgehead atoms. The minimum absolute atomic E-state index is 0.209. The lowest BCUT2D eigenvalue weighted by molar-refractivity contribution is 0.237. The Labute approximate surface area is 116 Å². The molecule has 0 spiro atoms. The first-order valence-corrected chi connectivity index (χ1v) is 6.88. The molecule has 0 atom stereocenters. The van der Waals surface area contributed by atoms with Crippen LogP contribution < -0.4 is 10.5 Å². The summed E-state index contributed by atoms with van der Waals surface area (Å²) >= 11 is 8.43. The van der Waals surface area contributed by atoms with Crippen molar-refractivity contribution in [2.45, 2.75) is 26.2 Å². The van der Waals surface area contributed by atoms with Gasteiger partial charge in [-0.3, -0.25) is 0 Å². The van der Waals surface area contributed by atoms with Crippen molar-refractivity contribution in [3.05, 3.63) is 28.2 Å². The van der Waals surface area contributed by atoms with Gasteiger partial charge < -0.3 is 10.5 Å². The van der Waals surface area contributed by atoms with E-state index in [1.807, 2.05) is 18.2 Å². The van der Waals surface area contributed by atoms with Gasteiger partial charge in [0.05, 0.1) is 11.6 Å². The second-order valence-electron chi connectivity index (χ2n) is 4.84. The number of ether oxygens (including phenoxy) is 1. The smallest absolute Gasteiger partial charge is 0.123 e. The summed E-state index contributed by atoms with van der Waals surface area (Å²) in [6, 6.07) is 6.07. The van der Waals surface area contributed by atoms with Crippen molar-refractivity contribution in [3.63, 3.8) is 0 Å². The van der Waals surface area contributed by atoms with E-state index in [-0.39, 0.29) is 5.41 Å². The Morgan fingerprint density at radius 3 is 2.82 bits per heavy atom. The monoisotopic (exact) mass is 313 g/mol. The molecule has 1 aliphatic rings. The van der Waals surface area contributed by atoms with Gasteiger partial charge in [-0.1, -0.05) is 34.2 Å². The highest BCUT2D eigenvalue weighted by atomic mass is 79.9. The van der Waals surface area contributed by atoms with Crippen LogP contribution >= 0.6 is 28.1 Å². The van der Waals surface area contributed by atoms with Gasteiger partial charge in [0, 0.05) is 16.3 Å². The number of halogens is 1. The Morgan fingerprint density at radius 1 is 1.53 bits per heavy atom. The predicted molar refractivity (Wildman–Crippen MR) is 77.4 cm³/mol. The molecule has 0 heterocycles. The quantitative estimate of drug-likeness (QED) is 0.844. The van der Waals surface area contributed by atoms with Gasteiger partial charge in [0.1, 0.15) is 5.75 Å². The van der Waals surface area contributed by atoms with Crippen LogP contribution in [0.25, 0.3) is 0 Å². The van der Waals surface area contributed by atoms with Crippen LogP contribution in [-0.4, -0.2) is 11.6 Å². The van der Waals surface area contributed by atoms with E-state index < -0.39 is 0 Å². The standard InChI is InChI=1S/C13H16BrNOS/c1-9-2-3-10(14)6-11(9)16-8-13(4-5-13)7-12(15)17/h2-3,6H,4-5,7-8H2,1H3,(H2,15,17). The molecule has 1 aromatic rings. The largest absolute Gasteiger partial charge is 0.493 e. The van der Waals surface area contributed by atoms with Gasteiger partial charge >= 0.3 is 0 Å². The van der Waals surface area contributed by atoms with Crippen LogP contribution in [0.4, 0.5) is 0 Å². The average Bonchev–Trinajstić information content (AvgIpc) is 2.99.